The number of carbonyl (C=O) groups is 1. The van der Waals surface area contributed by atoms with Gasteiger partial charge in [0.05, 0.1) is 0 Å². The predicted molar refractivity (Wildman–Crippen MR) is 67.4 cm³/mol. The molecule has 0 amide bonds. The molecular formula is C13H10ClNO2. The maximum absolute atomic E-state index is 12.1. The van der Waals surface area contributed by atoms with Crippen molar-refractivity contribution in [1.29, 1.82) is 0 Å². The number of hydrogen-bond acceptors (Lipinski definition) is 3. The molecule has 0 aliphatic carbocycles. The normalized spacial score (nSPS) is 10.2. The minimum Gasteiger partial charge on any atom is -0.508 e. The third-order valence-corrected chi connectivity index (χ3v) is 2.62. The fourth-order valence-electron chi connectivity index (χ4n) is 1.49. The first-order valence-corrected chi connectivity index (χ1v) is 5.34. The summed E-state index contributed by atoms with van der Waals surface area (Å²) in [5.74, 6) is -0.106. The van der Waals surface area contributed by atoms with Crippen LogP contribution in [-0.2, 0) is 0 Å². The van der Waals surface area contributed by atoms with E-state index >= 15 is 0 Å². The molecule has 4 heteroatoms. The van der Waals surface area contributed by atoms with Crippen molar-refractivity contribution in [1.82, 2.24) is 0 Å². The predicted octanol–water partition coefficient (Wildman–Crippen LogP) is 2.86. The highest BCUT2D eigenvalue weighted by molar-refractivity contribution is 6.31. The standard InChI is InChI=1S/C13H10ClNO2/c14-9-3-6-12(15)11(7-9)13(17)8-1-4-10(16)5-2-8/h1-7,16H,15H2. The van der Waals surface area contributed by atoms with E-state index in [0.717, 1.165) is 0 Å². The Balaban J connectivity index is 2.43. The Morgan fingerprint density at radius 1 is 1.12 bits per heavy atom. The number of nitrogens with two attached hydrogens (primary N) is 1. The summed E-state index contributed by atoms with van der Waals surface area (Å²) >= 11 is 5.83. The molecule has 0 aliphatic rings. The van der Waals surface area contributed by atoms with Gasteiger partial charge in [0.25, 0.3) is 0 Å². The number of benzene rings is 2. The molecule has 0 unspecified atom stereocenters. The molecule has 0 saturated carbocycles. The minimum atomic E-state index is -0.218. The summed E-state index contributed by atoms with van der Waals surface area (Å²) in [6, 6.07) is 10.7. The van der Waals surface area contributed by atoms with Gasteiger partial charge < -0.3 is 10.8 Å². The van der Waals surface area contributed by atoms with Crippen molar-refractivity contribution < 1.29 is 9.90 Å². The first-order chi connectivity index (χ1) is 8.08. The van der Waals surface area contributed by atoms with E-state index in [9.17, 15) is 4.79 Å². The van der Waals surface area contributed by atoms with Crippen LogP contribution in [0.2, 0.25) is 5.02 Å². The van der Waals surface area contributed by atoms with Crippen LogP contribution in [-0.4, -0.2) is 10.9 Å². The number of rotatable bonds is 2. The number of ketones is 1. The second-order valence-electron chi connectivity index (χ2n) is 3.61. The lowest BCUT2D eigenvalue weighted by molar-refractivity contribution is 0.103. The zero-order chi connectivity index (χ0) is 12.4. The Bertz CT molecular complexity index is 564. The van der Waals surface area contributed by atoms with Gasteiger partial charge >= 0.3 is 0 Å². The van der Waals surface area contributed by atoms with E-state index in [-0.39, 0.29) is 11.5 Å². The molecule has 0 atom stereocenters. The molecule has 0 bridgehead atoms. The highest BCUT2D eigenvalue weighted by atomic mass is 35.5. The summed E-state index contributed by atoms with van der Waals surface area (Å²) in [4.78, 5) is 12.1. The largest absolute Gasteiger partial charge is 0.508 e. The summed E-state index contributed by atoms with van der Waals surface area (Å²) in [6.07, 6.45) is 0. The van der Waals surface area contributed by atoms with Gasteiger partial charge in [-0.05, 0) is 42.5 Å². The zero-order valence-corrected chi connectivity index (χ0v) is 9.61. The first-order valence-electron chi connectivity index (χ1n) is 4.96. The Labute approximate surface area is 103 Å². The summed E-state index contributed by atoms with van der Waals surface area (Å²) < 4.78 is 0. The molecule has 2 aromatic carbocycles. The monoisotopic (exact) mass is 247 g/mol. The molecule has 0 saturated heterocycles. The quantitative estimate of drug-likeness (QED) is 0.634. The second kappa shape index (κ2) is 4.47. The summed E-state index contributed by atoms with van der Waals surface area (Å²) in [5, 5.41) is 9.61. The first kappa shape index (κ1) is 11.5. The van der Waals surface area contributed by atoms with Crippen LogP contribution in [0.25, 0.3) is 0 Å². The lowest BCUT2D eigenvalue weighted by Gasteiger charge is -2.05. The van der Waals surface area contributed by atoms with Gasteiger partial charge in [0.2, 0.25) is 0 Å². The fraction of sp³-hybridized carbons (Fsp3) is 0. The topological polar surface area (TPSA) is 63.3 Å². The molecular weight excluding hydrogens is 238 g/mol. The van der Waals surface area contributed by atoms with E-state index in [2.05, 4.69) is 0 Å². The zero-order valence-electron chi connectivity index (χ0n) is 8.85. The number of phenols is 1. The molecule has 2 aromatic rings. The number of halogens is 1. The van der Waals surface area contributed by atoms with E-state index in [1.54, 1.807) is 12.1 Å². The summed E-state index contributed by atoms with van der Waals surface area (Å²) in [5.41, 5.74) is 6.93. The van der Waals surface area contributed by atoms with E-state index in [4.69, 9.17) is 22.4 Å². The average molecular weight is 248 g/mol. The SMILES string of the molecule is Nc1ccc(Cl)cc1C(=O)c1ccc(O)cc1. The summed E-state index contributed by atoms with van der Waals surface area (Å²) in [7, 11) is 0. The van der Waals surface area contributed by atoms with Gasteiger partial charge in [-0.15, -0.1) is 0 Å². The lowest BCUT2D eigenvalue weighted by atomic mass is 10.0. The van der Waals surface area contributed by atoms with Gasteiger partial charge in [-0.2, -0.15) is 0 Å². The molecule has 3 nitrogen and oxygen atoms in total. The van der Waals surface area contributed by atoms with E-state index < -0.39 is 0 Å². The molecule has 86 valence electrons. The van der Waals surface area contributed by atoms with Gasteiger partial charge in [0.15, 0.2) is 5.78 Å². The number of nitrogen functional groups attached to an aromatic ring is 1. The van der Waals surface area contributed by atoms with Crippen LogP contribution in [0.15, 0.2) is 42.5 Å². The van der Waals surface area contributed by atoms with Crippen molar-refractivity contribution in [2.24, 2.45) is 0 Å². The van der Waals surface area contributed by atoms with E-state index in [1.807, 2.05) is 0 Å². The van der Waals surface area contributed by atoms with Crippen molar-refractivity contribution in [3.8, 4) is 5.75 Å². The van der Waals surface area contributed by atoms with Gasteiger partial charge in [0, 0.05) is 21.8 Å². The maximum Gasteiger partial charge on any atom is 0.195 e. The molecule has 0 fully saturated rings. The number of phenolic OH excluding ortho intramolecular Hbond substituents is 1. The van der Waals surface area contributed by atoms with Crippen LogP contribution in [0.5, 0.6) is 5.75 Å². The molecule has 0 aromatic heterocycles. The Hall–Kier alpha value is -2.00. The molecule has 0 heterocycles. The van der Waals surface area contributed by atoms with Crippen molar-refractivity contribution in [2.75, 3.05) is 5.73 Å². The van der Waals surface area contributed by atoms with Crippen molar-refractivity contribution in [2.45, 2.75) is 0 Å². The third-order valence-electron chi connectivity index (χ3n) is 2.39. The molecule has 2 rings (SSSR count). The van der Waals surface area contributed by atoms with Crippen LogP contribution in [0.4, 0.5) is 5.69 Å². The Morgan fingerprint density at radius 3 is 2.41 bits per heavy atom. The smallest absolute Gasteiger partial charge is 0.195 e. The second-order valence-corrected chi connectivity index (χ2v) is 4.04. The number of carbonyl (C=O) groups excluding carboxylic acids is 1. The highest BCUT2D eigenvalue weighted by Gasteiger charge is 2.12. The number of anilines is 1. The van der Waals surface area contributed by atoms with Gasteiger partial charge in [-0.3, -0.25) is 4.79 Å². The fourth-order valence-corrected chi connectivity index (χ4v) is 1.67. The molecule has 0 spiro atoms. The third kappa shape index (κ3) is 2.40. The van der Waals surface area contributed by atoms with E-state index in [0.29, 0.717) is 21.8 Å². The van der Waals surface area contributed by atoms with Gasteiger partial charge in [-0.1, -0.05) is 11.6 Å². The highest BCUT2D eigenvalue weighted by Crippen LogP contribution is 2.22. The maximum atomic E-state index is 12.1. The van der Waals surface area contributed by atoms with Crippen LogP contribution >= 0.6 is 11.6 Å². The number of aromatic hydroxyl groups is 1. The Kier molecular flexibility index (Phi) is 3.02. The van der Waals surface area contributed by atoms with Gasteiger partial charge in [0.1, 0.15) is 5.75 Å². The molecule has 3 N–H and O–H groups in total. The van der Waals surface area contributed by atoms with E-state index in [1.165, 1.54) is 30.3 Å². The molecule has 0 radical (unpaired) electrons. The Morgan fingerprint density at radius 2 is 1.76 bits per heavy atom. The lowest BCUT2D eigenvalue weighted by Crippen LogP contribution is -2.05. The van der Waals surface area contributed by atoms with Crippen LogP contribution < -0.4 is 5.73 Å². The van der Waals surface area contributed by atoms with Gasteiger partial charge in [-0.25, -0.2) is 0 Å². The van der Waals surface area contributed by atoms with Crippen molar-refractivity contribution in [3.63, 3.8) is 0 Å². The van der Waals surface area contributed by atoms with Crippen LogP contribution in [0, 0.1) is 0 Å². The minimum absolute atomic E-state index is 0.112. The van der Waals surface area contributed by atoms with Crippen molar-refractivity contribution >= 4 is 23.1 Å². The molecule has 0 aliphatic heterocycles. The van der Waals surface area contributed by atoms with Crippen LogP contribution in [0.3, 0.4) is 0 Å². The average Bonchev–Trinajstić information content (AvgIpc) is 2.32. The van der Waals surface area contributed by atoms with Crippen LogP contribution in [0.1, 0.15) is 15.9 Å². The summed E-state index contributed by atoms with van der Waals surface area (Å²) in [6.45, 7) is 0. The number of hydrogen-bond donors (Lipinski definition) is 2. The van der Waals surface area contributed by atoms with Crippen molar-refractivity contribution in [3.05, 3.63) is 58.6 Å². The molecule has 17 heavy (non-hydrogen) atoms.